The lowest BCUT2D eigenvalue weighted by Gasteiger charge is -2.14. The van der Waals surface area contributed by atoms with Crippen molar-refractivity contribution in [3.8, 4) is 0 Å². The Morgan fingerprint density at radius 2 is 2.18 bits per heavy atom. The van der Waals surface area contributed by atoms with E-state index < -0.39 is 0 Å². The van der Waals surface area contributed by atoms with E-state index in [0.29, 0.717) is 5.41 Å². The molecule has 2 rings (SSSR count). The summed E-state index contributed by atoms with van der Waals surface area (Å²) in [4.78, 5) is 12.1. The first-order valence-corrected chi connectivity index (χ1v) is 7.19. The zero-order chi connectivity index (χ0) is 12.5. The standard InChI is InChI=1S/C14H18INO/c1-3-14(7-8-14)9-16-13(17)11-6-4-5-10(2)12(11)15/h4-6H,3,7-9H2,1-2H3,(H,16,17). The predicted octanol–water partition coefficient (Wildman–Crippen LogP) is 3.52. The van der Waals surface area contributed by atoms with Gasteiger partial charge >= 0.3 is 0 Å². The molecule has 0 spiro atoms. The molecular formula is C14H18INO. The van der Waals surface area contributed by atoms with Crippen LogP contribution in [0.3, 0.4) is 0 Å². The topological polar surface area (TPSA) is 29.1 Å². The number of hydrogen-bond donors (Lipinski definition) is 1. The van der Waals surface area contributed by atoms with Gasteiger partial charge in [0.25, 0.3) is 5.91 Å². The predicted molar refractivity (Wildman–Crippen MR) is 78.2 cm³/mol. The number of nitrogens with one attached hydrogen (secondary N) is 1. The van der Waals surface area contributed by atoms with E-state index in [4.69, 9.17) is 0 Å². The molecule has 17 heavy (non-hydrogen) atoms. The van der Waals surface area contributed by atoms with E-state index in [-0.39, 0.29) is 5.91 Å². The molecule has 1 N–H and O–H groups in total. The van der Waals surface area contributed by atoms with E-state index in [1.807, 2.05) is 25.1 Å². The van der Waals surface area contributed by atoms with Gasteiger partial charge < -0.3 is 5.32 Å². The van der Waals surface area contributed by atoms with Gasteiger partial charge in [0.05, 0.1) is 5.56 Å². The van der Waals surface area contributed by atoms with Crippen LogP contribution in [-0.2, 0) is 0 Å². The van der Waals surface area contributed by atoms with Crippen molar-refractivity contribution >= 4 is 28.5 Å². The van der Waals surface area contributed by atoms with Gasteiger partial charge in [-0.3, -0.25) is 4.79 Å². The quantitative estimate of drug-likeness (QED) is 0.833. The summed E-state index contributed by atoms with van der Waals surface area (Å²) in [6.07, 6.45) is 3.68. The maximum absolute atomic E-state index is 12.1. The average molecular weight is 343 g/mol. The van der Waals surface area contributed by atoms with Gasteiger partial charge in [0.2, 0.25) is 0 Å². The fourth-order valence-electron chi connectivity index (χ4n) is 2.02. The number of halogens is 1. The minimum absolute atomic E-state index is 0.0674. The van der Waals surface area contributed by atoms with Gasteiger partial charge in [-0.2, -0.15) is 0 Å². The summed E-state index contributed by atoms with van der Waals surface area (Å²) in [6.45, 7) is 5.06. The summed E-state index contributed by atoms with van der Waals surface area (Å²) in [6, 6.07) is 5.88. The molecule has 3 heteroatoms. The zero-order valence-electron chi connectivity index (χ0n) is 10.3. The second-order valence-corrected chi connectivity index (χ2v) is 6.05. The Balaban J connectivity index is 2.02. The third kappa shape index (κ3) is 2.81. The molecule has 1 aromatic rings. The Bertz CT molecular complexity index is 438. The van der Waals surface area contributed by atoms with Crippen LogP contribution in [0.15, 0.2) is 18.2 Å². The first-order valence-electron chi connectivity index (χ1n) is 6.11. The van der Waals surface area contributed by atoms with Crippen molar-refractivity contribution < 1.29 is 4.79 Å². The average Bonchev–Trinajstić information content (AvgIpc) is 3.10. The highest BCUT2D eigenvalue weighted by Crippen LogP contribution is 2.47. The smallest absolute Gasteiger partial charge is 0.252 e. The van der Waals surface area contributed by atoms with E-state index in [2.05, 4.69) is 34.8 Å². The molecule has 2 nitrogen and oxygen atoms in total. The van der Waals surface area contributed by atoms with Crippen LogP contribution >= 0.6 is 22.6 Å². The lowest BCUT2D eigenvalue weighted by atomic mass is 10.0. The summed E-state index contributed by atoms with van der Waals surface area (Å²) < 4.78 is 1.06. The Morgan fingerprint density at radius 3 is 2.76 bits per heavy atom. The van der Waals surface area contributed by atoms with Gasteiger partial charge in [0.15, 0.2) is 0 Å². The SMILES string of the molecule is CCC1(CNC(=O)c2cccc(C)c2I)CC1. The summed E-state index contributed by atoms with van der Waals surface area (Å²) in [5.41, 5.74) is 2.37. The summed E-state index contributed by atoms with van der Waals surface area (Å²) >= 11 is 2.24. The molecule has 1 aromatic carbocycles. The van der Waals surface area contributed by atoms with Crippen molar-refractivity contribution in [3.05, 3.63) is 32.9 Å². The van der Waals surface area contributed by atoms with E-state index in [1.165, 1.54) is 12.8 Å². The van der Waals surface area contributed by atoms with Crippen LogP contribution < -0.4 is 5.32 Å². The van der Waals surface area contributed by atoms with E-state index >= 15 is 0 Å². The molecule has 0 saturated heterocycles. The number of rotatable bonds is 4. The number of carbonyl (C=O) groups is 1. The van der Waals surface area contributed by atoms with Crippen LogP contribution in [0.25, 0.3) is 0 Å². The van der Waals surface area contributed by atoms with Crippen molar-refractivity contribution in [1.29, 1.82) is 0 Å². The van der Waals surface area contributed by atoms with Crippen molar-refractivity contribution in [1.82, 2.24) is 5.32 Å². The van der Waals surface area contributed by atoms with Crippen molar-refractivity contribution in [3.63, 3.8) is 0 Å². The Labute approximate surface area is 116 Å². The van der Waals surface area contributed by atoms with Crippen LogP contribution in [0.4, 0.5) is 0 Å². The van der Waals surface area contributed by atoms with Crippen LogP contribution in [-0.4, -0.2) is 12.5 Å². The van der Waals surface area contributed by atoms with Crippen LogP contribution in [0, 0.1) is 15.9 Å². The Morgan fingerprint density at radius 1 is 1.47 bits per heavy atom. The van der Waals surface area contributed by atoms with Crippen molar-refractivity contribution in [2.45, 2.75) is 33.1 Å². The van der Waals surface area contributed by atoms with Gasteiger partial charge in [0, 0.05) is 10.1 Å². The molecule has 1 aliphatic carbocycles. The second kappa shape index (κ2) is 4.96. The maximum atomic E-state index is 12.1. The molecule has 0 bridgehead atoms. The fraction of sp³-hybridized carbons (Fsp3) is 0.500. The van der Waals surface area contributed by atoms with E-state index in [9.17, 15) is 4.79 Å². The molecule has 1 fully saturated rings. The van der Waals surface area contributed by atoms with Gasteiger partial charge in [-0.25, -0.2) is 0 Å². The van der Waals surface area contributed by atoms with E-state index in [1.54, 1.807) is 0 Å². The number of aryl methyl sites for hydroxylation is 1. The molecular weight excluding hydrogens is 325 g/mol. The van der Waals surface area contributed by atoms with Gasteiger partial charge in [-0.1, -0.05) is 19.1 Å². The fourth-order valence-corrected chi connectivity index (χ4v) is 2.62. The van der Waals surface area contributed by atoms with Crippen LogP contribution in [0.5, 0.6) is 0 Å². The highest BCUT2D eigenvalue weighted by molar-refractivity contribution is 14.1. The molecule has 0 atom stereocenters. The number of carbonyl (C=O) groups excluding carboxylic acids is 1. The lowest BCUT2D eigenvalue weighted by Crippen LogP contribution is -2.30. The molecule has 0 radical (unpaired) electrons. The highest BCUT2D eigenvalue weighted by Gasteiger charge is 2.40. The molecule has 0 heterocycles. The second-order valence-electron chi connectivity index (χ2n) is 4.97. The molecule has 1 saturated carbocycles. The molecule has 0 aromatic heterocycles. The molecule has 0 unspecified atom stereocenters. The van der Waals surface area contributed by atoms with E-state index in [0.717, 1.165) is 27.7 Å². The Kier molecular flexibility index (Phi) is 3.76. The molecule has 0 aliphatic heterocycles. The first-order chi connectivity index (χ1) is 8.08. The van der Waals surface area contributed by atoms with Gasteiger partial charge in [-0.15, -0.1) is 0 Å². The zero-order valence-corrected chi connectivity index (χ0v) is 12.5. The van der Waals surface area contributed by atoms with Gasteiger partial charge in [0.1, 0.15) is 0 Å². The highest BCUT2D eigenvalue weighted by atomic mass is 127. The van der Waals surface area contributed by atoms with Crippen LogP contribution in [0.1, 0.15) is 42.1 Å². The minimum Gasteiger partial charge on any atom is -0.351 e. The molecule has 92 valence electrons. The molecule has 1 amide bonds. The third-order valence-corrected chi connectivity index (χ3v) is 5.20. The third-order valence-electron chi connectivity index (χ3n) is 3.77. The summed E-state index contributed by atoms with van der Waals surface area (Å²) in [7, 11) is 0. The maximum Gasteiger partial charge on any atom is 0.252 e. The monoisotopic (exact) mass is 343 g/mol. The van der Waals surface area contributed by atoms with Crippen LogP contribution in [0.2, 0.25) is 0 Å². The Hall–Kier alpha value is -0.580. The van der Waals surface area contributed by atoms with Crippen molar-refractivity contribution in [2.75, 3.05) is 6.54 Å². The number of benzene rings is 1. The lowest BCUT2D eigenvalue weighted by molar-refractivity contribution is 0.0943. The number of hydrogen-bond acceptors (Lipinski definition) is 1. The minimum atomic E-state index is 0.0674. The normalized spacial score (nSPS) is 16.6. The summed E-state index contributed by atoms with van der Waals surface area (Å²) in [5, 5.41) is 3.08. The van der Waals surface area contributed by atoms with Gasteiger partial charge in [-0.05, 0) is 65.8 Å². The first kappa shape index (κ1) is 12.9. The molecule has 1 aliphatic rings. The van der Waals surface area contributed by atoms with Crippen molar-refractivity contribution in [2.24, 2.45) is 5.41 Å². The summed E-state index contributed by atoms with van der Waals surface area (Å²) in [5.74, 6) is 0.0674. The largest absolute Gasteiger partial charge is 0.351 e. The number of amides is 1.